The average Bonchev–Trinajstić information content (AvgIpc) is 2.84. The van der Waals surface area contributed by atoms with Gasteiger partial charge >= 0.3 is 0 Å². The van der Waals surface area contributed by atoms with Gasteiger partial charge in [0.1, 0.15) is 11.6 Å². The first kappa shape index (κ1) is 13.6. The summed E-state index contributed by atoms with van der Waals surface area (Å²) in [5.74, 6) is 1.92. The number of likely N-dealkylation sites (N-methyl/N-ethyl adjacent to an activating group) is 1. The summed E-state index contributed by atoms with van der Waals surface area (Å²) < 4.78 is 7.45. The predicted octanol–water partition coefficient (Wildman–Crippen LogP) is 2.55. The van der Waals surface area contributed by atoms with Gasteiger partial charge in [0.15, 0.2) is 0 Å². The first-order chi connectivity index (χ1) is 9.24. The summed E-state index contributed by atoms with van der Waals surface area (Å²) in [5.41, 5.74) is 1.23. The van der Waals surface area contributed by atoms with Crippen LogP contribution in [0, 0.1) is 6.92 Å². The predicted molar refractivity (Wildman–Crippen MR) is 76.4 cm³/mol. The van der Waals surface area contributed by atoms with E-state index in [1.54, 1.807) is 7.11 Å². The Morgan fingerprint density at radius 1 is 1.42 bits per heavy atom. The molecule has 0 fully saturated rings. The maximum Gasteiger partial charge on any atom is 0.119 e. The van der Waals surface area contributed by atoms with E-state index >= 15 is 0 Å². The fourth-order valence-electron chi connectivity index (χ4n) is 2.19. The molecule has 1 unspecified atom stereocenters. The first-order valence-corrected chi connectivity index (χ1v) is 6.59. The standard InChI is InChI=1S/C15H21N3O/c1-4-16-15(11-18-9-8-17-12(18)2)13-6-5-7-14(10-13)19-3/h5-10,15-16H,4,11H2,1-3H3. The lowest BCUT2D eigenvalue weighted by Crippen LogP contribution is -2.25. The molecule has 102 valence electrons. The molecule has 0 amide bonds. The summed E-state index contributed by atoms with van der Waals surface area (Å²) in [6.45, 7) is 5.94. The Bertz CT molecular complexity index is 522. The summed E-state index contributed by atoms with van der Waals surface area (Å²) in [6, 6.07) is 8.46. The second-order valence-electron chi connectivity index (χ2n) is 4.51. The summed E-state index contributed by atoms with van der Waals surface area (Å²) in [5, 5.41) is 3.51. The van der Waals surface area contributed by atoms with Crippen LogP contribution in [-0.4, -0.2) is 23.2 Å². The number of rotatable bonds is 6. The van der Waals surface area contributed by atoms with Gasteiger partial charge in [0, 0.05) is 18.9 Å². The van der Waals surface area contributed by atoms with Crippen molar-refractivity contribution in [2.24, 2.45) is 0 Å². The average molecular weight is 259 g/mol. The van der Waals surface area contributed by atoms with Crippen LogP contribution in [0.2, 0.25) is 0 Å². The number of imidazole rings is 1. The van der Waals surface area contributed by atoms with Gasteiger partial charge in [-0.1, -0.05) is 19.1 Å². The normalized spacial score (nSPS) is 12.4. The molecule has 2 rings (SSSR count). The van der Waals surface area contributed by atoms with E-state index in [4.69, 9.17) is 4.74 Å². The van der Waals surface area contributed by atoms with Gasteiger partial charge in [0.05, 0.1) is 13.2 Å². The molecule has 1 N–H and O–H groups in total. The minimum absolute atomic E-state index is 0.257. The summed E-state index contributed by atoms with van der Waals surface area (Å²) in [6.07, 6.45) is 3.85. The lowest BCUT2D eigenvalue weighted by molar-refractivity contribution is 0.411. The van der Waals surface area contributed by atoms with Crippen LogP contribution in [-0.2, 0) is 6.54 Å². The number of benzene rings is 1. The van der Waals surface area contributed by atoms with Crippen molar-refractivity contribution in [1.29, 1.82) is 0 Å². The molecule has 0 saturated carbocycles. The van der Waals surface area contributed by atoms with Crippen molar-refractivity contribution in [2.75, 3.05) is 13.7 Å². The van der Waals surface area contributed by atoms with E-state index < -0.39 is 0 Å². The van der Waals surface area contributed by atoms with E-state index in [-0.39, 0.29) is 6.04 Å². The fourth-order valence-corrected chi connectivity index (χ4v) is 2.19. The zero-order valence-electron chi connectivity index (χ0n) is 11.8. The minimum atomic E-state index is 0.257. The molecule has 0 aliphatic carbocycles. The molecule has 0 radical (unpaired) electrons. The molecule has 0 saturated heterocycles. The maximum absolute atomic E-state index is 5.30. The fraction of sp³-hybridized carbons (Fsp3) is 0.400. The number of ether oxygens (including phenoxy) is 1. The van der Waals surface area contributed by atoms with Gasteiger partial charge in [-0.25, -0.2) is 4.98 Å². The van der Waals surface area contributed by atoms with Crippen LogP contribution >= 0.6 is 0 Å². The third-order valence-electron chi connectivity index (χ3n) is 3.25. The number of nitrogens with one attached hydrogen (secondary N) is 1. The second-order valence-corrected chi connectivity index (χ2v) is 4.51. The lowest BCUT2D eigenvalue weighted by atomic mass is 10.1. The van der Waals surface area contributed by atoms with Gasteiger partial charge in [0.25, 0.3) is 0 Å². The molecule has 1 aromatic carbocycles. The van der Waals surface area contributed by atoms with Gasteiger partial charge < -0.3 is 14.6 Å². The van der Waals surface area contributed by atoms with Crippen LogP contribution in [0.5, 0.6) is 5.75 Å². The van der Waals surface area contributed by atoms with E-state index in [0.29, 0.717) is 0 Å². The maximum atomic E-state index is 5.30. The minimum Gasteiger partial charge on any atom is -0.497 e. The third-order valence-corrected chi connectivity index (χ3v) is 3.25. The van der Waals surface area contributed by atoms with Crippen LogP contribution in [0.3, 0.4) is 0 Å². The number of methoxy groups -OCH3 is 1. The highest BCUT2D eigenvalue weighted by Gasteiger charge is 2.12. The Morgan fingerprint density at radius 3 is 2.89 bits per heavy atom. The van der Waals surface area contributed by atoms with Gasteiger partial charge in [-0.15, -0.1) is 0 Å². The first-order valence-electron chi connectivity index (χ1n) is 6.59. The van der Waals surface area contributed by atoms with Crippen molar-refractivity contribution >= 4 is 0 Å². The Hall–Kier alpha value is -1.81. The van der Waals surface area contributed by atoms with Crippen molar-refractivity contribution in [3.8, 4) is 5.75 Å². The Labute approximate surface area is 114 Å². The van der Waals surface area contributed by atoms with Crippen LogP contribution in [0.1, 0.15) is 24.4 Å². The molecule has 0 aliphatic heterocycles. The number of hydrogen-bond donors (Lipinski definition) is 1. The van der Waals surface area contributed by atoms with Crippen molar-refractivity contribution in [1.82, 2.24) is 14.9 Å². The van der Waals surface area contributed by atoms with Gasteiger partial charge in [-0.05, 0) is 31.2 Å². The van der Waals surface area contributed by atoms with E-state index in [2.05, 4.69) is 33.9 Å². The van der Waals surface area contributed by atoms with Gasteiger partial charge in [-0.2, -0.15) is 0 Å². The van der Waals surface area contributed by atoms with E-state index in [1.807, 2.05) is 31.5 Å². The second kappa shape index (κ2) is 6.38. The number of nitrogens with zero attached hydrogens (tertiary/aromatic N) is 2. The molecule has 1 atom stereocenters. The molecule has 1 heterocycles. The number of hydrogen-bond acceptors (Lipinski definition) is 3. The molecule has 0 spiro atoms. The van der Waals surface area contributed by atoms with Crippen LogP contribution in [0.25, 0.3) is 0 Å². The molecular weight excluding hydrogens is 238 g/mol. The van der Waals surface area contributed by atoms with Gasteiger partial charge in [-0.3, -0.25) is 0 Å². The monoisotopic (exact) mass is 259 g/mol. The van der Waals surface area contributed by atoms with Gasteiger partial charge in [0.2, 0.25) is 0 Å². The largest absolute Gasteiger partial charge is 0.497 e. The summed E-state index contributed by atoms with van der Waals surface area (Å²) in [4.78, 5) is 4.27. The summed E-state index contributed by atoms with van der Waals surface area (Å²) >= 11 is 0. The van der Waals surface area contributed by atoms with Crippen molar-refractivity contribution in [2.45, 2.75) is 26.4 Å². The Balaban J connectivity index is 2.21. The highest BCUT2D eigenvalue weighted by molar-refractivity contribution is 5.30. The van der Waals surface area contributed by atoms with Crippen LogP contribution in [0.15, 0.2) is 36.7 Å². The van der Waals surface area contributed by atoms with Crippen molar-refractivity contribution < 1.29 is 4.74 Å². The van der Waals surface area contributed by atoms with Crippen molar-refractivity contribution in [3.63, 3.8) is 0 Å². The topological polar surface area (TPSA) is 39.1 Å². The highest BCUT2D eigenvalue weighted by atomic mass is 16.5. The number of aryl methyl sites for hydroxylation is 1. The lowest BCUT2D eigenvalue weighted by Gasteiger charge is -2.20. The van der Waals surface area contributed by atoms with Crippen molar-refractivity contribution in [3.05, 3.63) is 48.0 Å². The van der Waals surface area contributed by atoms with E-state index in [1.165, 1.54) is 5.56 Å². The zero-order chi connectivity index (χ0) is 13.7. The zero-order valence-corrected chi connectivity index (χ0v) is 11.8. The number of aromatic nitrogens is 2. The highest BCUT2D eigenvalue weighted by Crippen LogP contribution is 2.21. The smallest absolute Gasteiger partial charge is 0.119 e. The molecule has 4 nitrogen and oxygen atoms in total. The molecule has 4 heteroatoms. The summed E-state index contributed by atoms with van der Waals surface area (Å²) in [7, 11) is 1.70. The molecular formula is C15H21N3O. The van der Waals surface area contributed by atoms with E-state index in [0.717, 1.165) is 24.7 Å². The third kappa shape index (κ3) is 3.35. The Morgan fingerprint density at radius 2 is 2.26 bits per heavy atom. The molecule has 0 bridgehead atoms. The van der Waals surface area contributed by atoms with E-state index in [9.17, 15) is 0 Å². The molecule has 0 aliphatic rings. The quantitative estimate of drug-likeness (QED) is 0.866. The molecule has 2 aromatic rings. The SMILES string of the molecule is CCNC(Cn1ccnc1C)c1cccc(OC)c1. The Kier molecular flexibility index (Phi) is 4.58. The van der Waals surface area contributed by atoms with Crippen LogP contribution < -0.4 is 10.1 Å². The molecule has 19 heavy (non-hydrogen) atoms. The molecule has 1 aromatic heterocycles. The van der Waals surface area contributed by atoms with Crippen LogP contribution in [0.4, 0.5) is 0 Å².